The molecule has 0 bridgehead atoms. The molecule has 1 aliphatic rings. The van der Waals surface area contributed by atoms with Gasteiger partial charge in [0.2, 0.25) is 0 Å². The van der Waals surface area contributed by atoms with E-state index in [-0.39, 0.29) is 6.10 Å². The van der Waals surface area contributed by atoms with Gasteiger partial charge in [0, 0.05) is 64.5 Å². The summed E-state index contributed by atoms with van der Waals surface area (Å²) >= 11 is 1.67. The van der Waals surface area contributed by atoms with Crippen molar-refractivity contribution in [2.24, 2.45) is 0 Å². The normalized spacial score (nSPS) is 14.3. The Morgan fingerprint density at radius 1 is 1.03 bits per heavy atom. The van der Waals surface area contributed by atoms with E-state index in [9.17, 15) is 9.59 Å². The van der Waals surface area contributed by atoms with Crippen molar-refractivity contribution >= 4 is 49.8 Å². The molecule has 2 N–H and O–H groups in total. The molecule has 180 valence electrons. The number of aromatic nitrogens is 4. The number of piperidine rings is 1. The molecule has 4 heterocycles. The lowest BCUT2D eigenvalue weighted by Gasteiger charge is -2.31. The summed E-state index contributed by atoms with van der Waals surface area (Å²) in [5.74, 6) is -1.22. The summed E-state index contributed by atoms with van der Waals surface area (Å²) < 4.78 is 6.96. The van der Waals surface area contributed by atoms with Gasteiger partial charge >= 0.3 is 17.8 Å². The van der Waals surface area contributed by atoms with Crippen LogP contribution in [0.1, 0.15) is 12.8 Å². The Morgan fingerprint density at radius 2 is 1.83 bits per heavy atom. The summed E-state index contributed by atoms with van der Waals surface area (Å²) in [5.41, 5.74) is 2.36. The topological polar surface area (TPSA) is 113 Å². The largest absolute Gasteiger partial charge is 0.460 e. The van der Waals surface area contributed by atoms with Crippen LogP contribution >= 0.6 is 11.3 Å². The Morgan fingerprint density at radius 3 is 2.64 bits per heavy atom. The lowest BCUT2D eigenvalue weighted by Crippen LogP contribution is -2.46. The van der Waals surface area contributed by atoms with Gasteiger partial charge in [0.15, 0.2) is 0 Å². The molecule has 10 heteroatoms. The van der Waals surface area contributed by atoms with Gasteiger partial charge in [0.25, 0.3) is 0 Å². The molecule has 2 aromatic carbocycles. The third-order valence-electron chi connectivity index (χ3n) is 6.24. The molecule has 3 aromatic heterocycles. The first-order valence-electron chi connectivity index (χ1n) is 11.6. The zero-order valence-electron chi connectivity index (χ0n) is 19.2. The number of carbonyl (C=O) groups is 2. The maximum atomic E-state index is 12.9. The molecule has 1 aliphatic heterocycles. The first-order valence-corrected chi connectivity index (χ1v) is 12.5. The summed E-state index contributed by atoms with van der Waals surface area (Å²) in [6.07, 6.45) is 6.08. The first-order chi connectivity index (χ1) is 17.6. The maximum Gasteiger partial charge on any atom is 0.316 e. The minimum Gasteiger partial charge on any atom is -0.460 e. The number of aromatic amines is 1. The summed E-state index contributed by atoms with van der Waals surface area (Å²) in [6.45, 7) is 0.856. The molecule has 0 radical (unpaired) electrons. The number of anilines is 1. The fourth-order valence-corrected chi connectivity index (χ4v) is 5.52. The van der Waals surface area contributed by atoms with E-state index in [1.807, 2.05) is 24.3 Å². The highest BCUT2D eigenvalue weighted by Gasteiger charge is 2.28. The number of nitrogens with zero attached hydrogens (tertiary/aromatic N) is 4. The predicted molar refractivity (Wildman–Crippen MR) is 138 cm³/mol. The molecule has 5 aromatic rings. The van der Waals surface area contributed by atoms with E-state index >= 15 is 0 Å². The highest BCUT2D eigenvalue weighted by molar-refractivity contribution is 7.22. The van der Waals surface area contributed by atoms with E-state index in [0.717, 1.165) is 26.7 Å². The fourth-order valence-electron chi connectivity index (χ4n) is 4.44. The van der Waals surface area contributed by atoms with Crippen LogP contribution in [0.5, 0.6) is 6.01 Å². The average Bonchev–Trinajstić information content (AvgIpc) is 3.56. The highest BCUT2D eigenvalue weighted by Crippen LogP contribution is 2.38. The van der Waals surface area contributed by atoms with Crippen molar-refractivity contribution in [2.45, 2.75) is 18.9 Å². The van der Waals surface area contributed by atoms with Crippen LogP contribution in [0.4, 0.5) is 5.69 Å². The smallest absolute Gasteiger partial charge is 0.316 e. The van der Waals surface area contributed by atoms with E-state index in [2.05, 4.69) is 43.7 Å². The molecule has 0 saturated carbocycles. The number of benzene rings is 2. The number of rotatable bonds is 4. The van der Waals surface area contributed by atoms with Gasteiger partial charge < -0.3 is 15.0 Å². The number of hydrogen-bond donors (Lipinski definition) is 2. The van der Waals surface area contributed by atoms with Crippen molar-refractivity contribution in [1.82, 2.24) is 25.1 Å². The van der Waals surface area contributed by atoms with E-state index in [1.165, 1.54) is 4.70 Å². The number of hydrogen-bond acceptors (Lipinski definition) is 7. The quantitative estimate of drug-likeness (QED) is 0.358. The van der Waals surface area contributed by atoms with Gasteiger partial charge in [-0.3, -0.25) is 14.7 Å². The van der Waals surface area contributed by atoms with E-state index in [1.54, 1.807) is 40.9 Å². The van der Waals surface area contributed by atoms with E-state index in [4.69, 9.17) is 4.74 Å². The Kier molecular flexibility index (Phi) is 5.78. The highest BCUT2D eigenvalue weighted by atomic mass is 32.1. The van der Waals surface area contributed by atoms with Crippen molar-refractivity contribution in [2.75, 3.05) is 18.4 Å². The number of thiophene rings is 1. The third-order valence-corrected chi connectivity index (χ3v) is 7.38. The number of carbonyl (C=O) groups excluding carboxylic acids is 2. The van der Waals surface area contributed by atoms with Crippen molar-refractivity contribution in [3.8, 4) is 16.5 Å². The number of ether oxygens (including phenoxy) is 1. The van der Waals surface area contributed by atoms with Gasteiger partial charge in [-0.2, -0.15) is 5.10 Å². The fraction of sp³-hybridized carbons (Fsp3) is 0.192. The molecule has 0 spiro atoms. The van der Waals surface area contributed by atoms with Crippen molar-refractivity contribution in [3.05, 3.63) is 67.1 Å². The standard InChI is InChI=1S/C26H22N6O3S/c33-24(25(34)32-10-6-19(7-11-32)35-26-27-8-3-9-28-26)30-18-12-17-15-29-31-23(17)20(14-18)22-13-16-4-1-2-5-21(16)36-22/h1-5,8-9,12-15,19H,6-7,10-11H2,(H,29,31)(H,30,33). The Balaban J connectivity index is 1.16. The molecule has 9 nitrogen and oxygen atoms in total. The second kappa shape index (κ2) is 9.38. The summed E-state index contributed by atoms with van der Waals surface area (Å²) in [5, 5.41) is 12.0. The SMILES string of the molecule is O=C(Nc1cc(-c2cc3ccccc3s2)c2[nH]ncc2c1)C(=O)N1CCC(Oc2ncccn2)CC1. The lowest BCUT2D eigenvalue weighted by atomic mass is 10.1. The van der Waals surface area contributed by atoms with Gasteiger partial charge in [0.05, 0.1) is 11.7 Å². The molecular weight excluding hydrogens is 476 g/mol. The third kappa shape index (κ3) is 4.38. The van der Waals surface area contributed by atoms with Crippen molar-refractivity contribution < 1.29 is 14.3 Å². The summed E-state index contributed by atoms with van der Waals surface area (Å²) in [6, 6.07) is 16.1. The van der Waals surface area contributed by atoms with Crippen LogP contribution < -0.4 is 10.1 Å². The van der Waals surface area contributed by atoms with Crippen LogP contribution in [0.3, 0.4) is 0 Å². The average molecular weight is 499 g/mol. The van der Waals surface area contributed by atoms with Gasteiger partial charge in [-0.25, -0.2) is 9.97 Å². The predicted octanol–water partition coefficient (Wildman–Crippen LogP) is 4.24. The second-order valence-electron chi connectivity index (χ2n) is 8.60. The minimum atomic E-state index is -0.661. The molecular formula is C26H22N6O3S. The Labute approximate surface area is 210 Å². The Hall–Kier alpha value is -4.31. The maximum absolute atomic E-state index is 12.9. The Bertz CT molecular complexity index is 1520. The molecule has 1 saturated heterocycles. The summed E-state index contributed by atoms with van der Waals surface area (Å²) in [4.78, 5) is 36.5. The van der Waals surface area contributed by atoms with Gasteiger partial charge in [-0.15, -0.1) is 11.3 Å². The van der Waals surface area contributed by atoms with Crippen molar-refractivity contribution in [3.63, 3.8) is 0 Å². The molecule has 36 heavy (non-hydrogen) atoms. The monoisotopic (exact) mass is 498 g/mol. The van der Waals surface area contributed by atoms with Crippen LogP contribution in [0.15, 0.2) is 67.1 Å². The van der Waals surface area contributed by atoms with Gasteiger partial charge in [-0.05, 0) is 35.7 Å². The van der Waals surface area contributed by atoms with Crippen LogP contribution in [-0.2, 0) is 9.59 Å². The molecule has 6 rings (SSSR count). The lowest BCUT2D eigenvalue weighted by molar-refractivity contribution is -0.144. The molecule has 0 aliphatic carbocycles. The number of likely N-dealkylation sites (tertiary alicyclic amines) is 1. The van der Waals surface area contributed by atoms with Gasteiger partial charge in [0.1, 0.15) is 6.10 Å². The molecule has 1 fully saturated rings. The molecule has 2 amide bonds. The second-order valence-corrected chi connectivity index (χ2v) is 9.69. The summed E-state index contributed by atoms with van der Waals surface area (Å²) in [7, 11) is 0. The van der Waals surface area contributed by atoms with Crippen LogP contribution in [0.2, 0.25) is 0 Å². The van der Waals surface area contributed by atoms with Crippen LogP contribution in [-0.4, -0.2) is 56.1 Å². The van der Waals surface area contributed by atoms with E-state index in [0.29, 0.717) is 37.6 Å². The van der Waals surface area contributed by atoms with Crippen LogP contribution in [0, 0.1) is 0 Å². The number of amides is 2. The number of fused-ring (bicyclic) bond motifs is 2. The van der Waals surface area contributed by atoms with E-state index < -0.39 is 11.8 Å². The zero-order chi connectivity index (χ0) is 24.5. The molecule has 0 unspecified atom stereocenters. The minimum absolute atomic E-state index is 0.0909. The number of nitrogens with one attached hydrogen (secondary N) is 2. The number of H-pyrrole nitrogens is 1. The van der Waals surface area contributed by atoms with Gasteiger partial charge in [-0.1, -0.05) is 18.2 Å². The first kappa shape index (κ1) is 22.2. The van der Waals surface area contributed by atoms with Crippen molar-refractivity contribution in [1.29, 1.82) is 0 Å². The zero-order valence-corrected chi connectivity index (χ0v) is 20.0. The molecule has 0 atom stereocenters. The van der Waals surface area contributed by atoms with Crippen LogP contribution in [0.25, 0.3) is 31.4 Å².